The molecule has 0 aliphatic carbocycles. The van der Waals surface area contributed by atoms with Crippen molar-refractivity contribution in [2.45, 2.75) is 37.8 Å². The van der Waals surface area contributed by atoms with Gasteiger partial charge in [-0.15, -0.1) is 0 Å². The predicted molar refractivity (Wildman–Crippen MR) is 157 cm³/mol. The van der Waals surface area contributed by atoms with E-state index in [0.717, 1.165) is 15.4 Å². The second-order valence-corrected chi connectivity index (χ2v) is 11.1. The van der Waals surface area contributed by atoms with Crippen molar-refractivity contribution in [3.63, 3.8) is 0 Å². The molecule has 0 aliphatic rings. The van der Waals surface area contributed by atoms with Gasteiger partial charge in [0.25, 0.3) is 10.0 Å². The highest BCUT2D eigenvalue weighted by Crippen LogP contribution is 2.32. The largest absolute Gasteiger partial charge is 0.497 e. The number of aryl methyl sites for hydroxylation is 1. The van der Waals surface area contributed by atoms with Gasteiger partial charge >= 0.3 is 0 Å². The summed E-state index contributed by atoms with van der Waals surface area (Å²) in [4.78, 5) is 28.2. The van der Waals surface area contributed by atoms with E-state index in [-0.39, 0.29) is 23.1 Å². The number of sulfonamides is 1. The summed E-state index contributed by atoms with van der Waals surface area (Å²) in [6.45, 7) is 3.23. The molecule has 3 aromatic rings. The van der Waals surface area contributed by atoms with Crippen molar-refractivity contribution in [1.82, 2.24) is 10.2 Å². The Morgan fingerprint density at radius 2 is 1.51 bits per heavy atom. The van der Waals surface area contributed by atoms with Gasteiger partial charge in [-0.1, -0.05) is 36.8 Å². The second kappa shape index (κ2) is 13.9. The maximum Gasteiger partial charge on any atom is 0.264 e. The van der Waals surface area contributed by atoms with Crippen molar-refractivity contribution in [1.29, 1.82) is 0 Å². The number of ether oxygens (including phenoxy) is 3. The summed E-state index contributed by atoms with van der Waals surface area (Å²) in [5.74, 6) is 0.360. The van der Waals surface area contributed by atoms with E-state index < -0.39 is 28.5 Å². The topological polar surface area (TPSA) is 114 Å². The van der Waals surface area contributed by atoms with Gasteiger partial charge in [0, 0.05) is 19.7 Å². The normalized spacial score (nSPS) is 11.8. The van der Waals surface area contributed by atoms with E-state index in [1.54, 1.807) is 62.6 Å². The first kappa shape index (κ1) is 31.3. The number of hydrogen-bond acceptors (Lipinski definition) is 7. The molecule has 220 valence electrons. The van der Waals surface area contributed by atoms with Crippen LogP contribution in [0.5, 0.6) is 17.2 Å². The van der Waals surface area contributed by atoms with Gasteiger partial charge < -0.3 is 24.4 Å². The SMILES string of the molecule is CC[C@H](C(=O)NC)N(Cc1ccc(OC)cc1)C(=O)CN(c1ccc(C)cc1)S(=O)(=O)c1ccc(OC)c(OC)c1. The average molecular weight is 584 g/mol. The van der Waals surface area contributed by atoms with Crippen LogP contribution in [0.4, 0.5) is 5.69 Å². The summed E-state index contributed by atoms with van der Waals surface area (Å²) in [5, 5.41) is 2.62. The third-order valence-electron chi connectivity index (χ3n) is 6.69. The van der Waals surface area contributed by atoms with Crippen molar-refractivity contribution in [3.05, 3.63) is 77.9 Å². The van der Waals surface area contributed by atoms with Crippen LogP contribution in [0.3, 0.4) is 0 Å². The molecule has 0 saturated carbocycles. The van der Waals surface area contributed by atoms with E-state index >= 15 is 0 Å². The van der Waals surface area contributed by atoms with E-state index in [1.165, 1.54) is 44.4 Å². The number of nitrogens with zero attached hydrogens (tertiary/aromatic N) is 2. The Morgan fingerprint density at radius 3 is 2.05 bits per heavy atom. The van der Waals surface area contributed by atoms with Crippen molar-refractivity contribution in [3.8, 4) is 17.2 Å². The number of nitrogens with one attached hydrogen (secondary N) is 1. The van der Waals surface area contributed by atoms with E-state index in [1.807, 2.05) is 6.92 Å². The standard InChI is InChI=1S/C30H37N3O7S/c1-7-26(30(35)31-3)32(19-22-10-14-24(38-4)15-11-22)29(34)20-33(23-12-8-21(2)9-13-23)41(36,37)25-16-17-27(39-5)28(18-25)40-6/h8-18,26H,7,19-20H2,1-6H3,(H,31,35)/t26-/m1/s1. The molecule has 0 saturated heterocycles. The molecular formula is C30H37N3O7S. The molecule has 0 fully saturated rings. The molecule has 0 radical (unpaired) electrons. The molecule has 0 bridgehead atoms. The number of carbonyl (C=O) groups excluding carboxylic acids is 2. The molecule has 1 atom stereocenters. The molecule has 41 heavy (non-hydrogen) atoms. The van der Waals surface area contributed by atoms with Gasteiger partial charge in [-0.3, -0.25) is 13.9 Å². The quantitative estimate of drug-likeness (QED) is 0.326. The molecule has 0 heterocycles. The molecule has 0 spiro atoms. The number of likely N-dealkylation sites (N-methyl/N-ethyl adjacent to an activating group) is 1. The first-order valence-electron chi connectivity index (χ1n) is 13.0. The van der Waals surface area contributed by atoms with Gasteiger partial charge in [-0.25, -0.2) is 8.42 Å². The number of anilines is 1. The first-order valence-corrected chi connectivity index (χ1v) is 14.5. The summed E-state index contributed by atoms with van der Waals surface area (Å²) >= 11 is 0. The van der Waals surface area contributed by atoms with Crippen molar-refractivity contribution < 1.29 is 32.2 Å². The summed E-state index contributed by atoms with van der Waals surface area (Å²) in [5.41, 5.74) is 1.98. The van der Waals surface area contributed by atoms with Crippen LogP contribution >= 0.6 is 0 Å². The van der Waals surface area contributed by atoms with Gasteiger partial charge in [0.2, 0.25) is 11.8 Å². The minimum atomic E-state index is -4.26. The van der Waals surface area contributed by atoms with E-state index in [0.29, 0.717) is 23.6 Å². The van der Waals surface area contributed by atoms with Gasteiger partial charge in [0.15, 0.2) is 11.5 Å². The highest BCUT2D eigenvalue weighted by molar-refractivity contribution is 7.92. The van der Waals surface area contributed by atoms with Crippen LogP contribution in [-0.4, -0.2) is 66.1 Å². The second-order valence-electron chi connectivity index (χ2n) is 9.27. The lowest BCUT2D eigenvalue weighted by atomic mass is 10.1. The Hall–Kier alpha value is -4.25. The zero-order chi connectivity index (χ0) is 30.2. The molecule has 2 amide bonds. The zero-order valence-corrected chi connectivity index (χ0v) is 25.0. The highest BCUT2D eigenvalue weighted by atomic mass is 32.2. The molecule has 3 aromatic carbocycles. The van der Waals surface area contributed by atoms with Crippen LogP contribution in [0.1, 0.15) is 24.5 Å². The molecular weight excluding hydrogens is 546 g/mol. The maximum absolute atomic E-state index is 14.1. The third kappa shape index (κ3) is 7.29. The minimum absolute atomic E-state index is 0.0800. The summed E-state index contributed by atoms with van der Waals surface area (Å²) in [7, 11) is 1.67. The minimum Gasteiger partial charge on any atom is -0.497 e. The van der Waals surface area contributed by atoms with Gasteiger partial charge in [0.1, 0.15) is 18.3 Å². The predicted octanol–water partition coefficient (Wildman–Crippen LogP) is 3.77. The summed E-state index contributed by atoms with van der Waals surface area (Å²) in [6.07, 6.45) is 0.328. The Morgan fingerprint density at radius 1 is 0.878 bits per heavy atom. The van der Waals surface area contributed by atoms with Crippen LogP contribution in [0.25, 0.3) is 0 Å². The summed E-state index contributed by atoms with van der Waals surface area (Å²) < 4.78 is 45.0. The fourth-order valence-electron chi connectivity index (χ4n) is 4.36. The van der Waals surface area contributed by atoms with Crippen LogP contribution in [0.2, 0.25) is 0 Å². The van der Waals surface area contributed by atoms with E-state index in [9.17, 15) is 18.0 Å². The van der Waals surface area contributed by atoms with Crippen molar-refractivity contribution >= 4 is 27.5 Å². The lowest BCUT2D eigenvalue weighted by Crippen LogP contribution is -2.51. The highest BCUT2D eigenvalue weighted by Gasteiger charge is 2.33. The molecule has 11 heteroatoms. The van der Waals surface area contributed by atoms with Gasteiger partial charge in [0.05, 0.1) is 31.9 Å². The molecule has 3 rings (SSSR count). The Kier molecular flexibility index (Phi) is 10.6. The van der Waals surface area contributed by atoms with Gasteiger partial charge in [-0.2, -0.15) is 0 Å². The molecule has 10 nitrogen and oxygen atoms in total. The Labute approximate surface area is 241 Å². The maximum atomic E-state index is 14.1. The molecule has 1 N–H and O–H groups in total. The van der Waals surface area contributed by atoms with Gasteiger partial charge in [-0.05, 0) is 55.3 Å². The lowest BCUT2D eigenvalue weighted by Gasteiger charge is -2.33. The van der Waals surface area contributed by atoms with Crippen molar-refractivity contribution in [2.24, 2.45) is 0 Å². The lowest BCUT2D eigenvalue weighted by molar-refractivity contribution is -0.140. The molecule has 0 aliphatic heterocycles. The van der Waals surface area contributed by atoms with Crippen molar-refractivity contribution in [2.75, 3.05) is 39.2 Å². The van der Waals surface area contributed by atoms with Crippen LogP contribution in [0, 0.1) is 6.92 Å². The number of hydrogen-bond donors (Lipinski definition) is 1. The molecule has 0 aromatic heterocycles. The smallest absolute Gasteiger partial charge is 0.264 e. The van der Waals surface area contributed by atoms with E-state index in [4.69, 9.17) is 14.2 Å². The fourth-order valence-corrected chi connectivity index (χ4v) is 5.79. The Bertz CT molecular complexity index is 1440. The third-order valence-corrected chi connectivity index (χ3v) is 8.46. The number of amides is 2. The number of benzene rings is 3. The van der Waals surface area contributed by atoms with E-state index in [2.05, 4.69) is 5.32 Å². The van der Waals surface area contributed by atoms with Crippen LogP contribution < -0.4 is 23.8 Å². The van der Waals surface area contributed by atoms with Crippen LogP contribution in [-0.2, 0) is 26.2 Å². The average Bonchev–Trinajstić information content (AvgIpc) is 2.99. The Balaban J connectivity index is 2.08. The fraction of sp³-hybridized carbons (Fsp3) is 0.333. The van der Waals surface area contributed by atoms with Crippen LogP contribution in [0.15, 0.2) is 71.6 Å². The first-order chi connectivity index (χ1) is 19.6. The number of rotatable bonds is 13. The number of methoxy groups -OCH3 is 3. The monoisotopic (exact) mass is 583 g/mol. The molecule has 0 unspecified atom stereocenters. The zero-order valence-electron chi connectivity index (χ0n) is 24.2. The summed E-state index contributed by atoms with van der Waals surface area (Å²) in [6, 6.07) is 17.4. The number of carbonyl (C=O) groups is 2.